The van der Waals surface area contributed by atoms with Crippen LogP contribution in [-0.2, 0) is 17.8 Å². The molecule has 1 aliphatic heterocycles. The van der Waals surface area contributed by atoms with Crippen LogP contribution < -0.4 is 0 Å². The number of aliphatic carboxylic acids is 1. The highest BCUT2D eigenvalue weighted by Gasteiger charge is 2.40. The Morgan fingerprint density at radius 2 is 2.13 bits per heavy atom. The second-order valence-corrected chi connectivity index (χ2v) is 6.39. The van der Waals surface area contributed by atoms with Crippen molar-refractivity contribution in [1.82, 2.24) is 15.0 Å². The van der Waals surface area contributed by atoms with Crippen molar-refractivity contribution >= 4 is 5.97 Å². The Bertz CT molecular complexity index is 695. The van der Waals surface area contributed by atoms with Crippen molar-refractivity contribution in [2.24, 2.45) is 5.41 Å². The minimum atomic E-state index is -0.748. The molecule has 1 N–H and O–H groups in total. The predicted molar refractivity (Wildman–Crippen MR) is 84.7 cm³/mol. The van der Waals surface area contributed by atoms with E-state index in [9.17, 15) is 9.90 Å². The Morgan fingerprint density at radius 3 is 2.74 bits per heavy atom. The average molecular weight is 315 g/mol. The van der Waals surface area contributed by atoms with E-state index in [0.29, 0.717) is 31.2 Å². The Morgan fingerprint density at radius 1 is 1.39 bits per heavy atom. The van der Waals surface area contributed by atoms with Gasteiger partial charge < -0.3 is 9.63 Å². The summed E-state index contributed by atoms with van der Waals surface area (Å²) in [6, 6.07) is 8.10. The van der Waals surface area contributed by atoms with Gasteiger partial charge in [0.1, 0.15) is 0 Å². The molecule has 1 atom stereocenters. The summed E-state index contributed by atoms with van der Waals surface area (Å²) in [6.45, 7) is 5.62. The summed E-state index contributed by atoms with van der Waals surface area (Å²) in [5, 5.41) is 13.3. The molecule has 2 aromatic rings. The number of aryl methyl sites for hydroxylation is 1. The average Bonchev–Trinajstić information content (AvgIpc) is 3.16. The maximum Gasteiger partial charge on any atom is 0.310 e. The minimum absolute atomic E-state index is 0.489. The predicted octanol–water partition coefficient (Wildman–Crippen LogP) is 2.60. The van der Waals surface area contributed by atoms with E-state index in [1.807, 2.05) is 17.0 Å². The summed E-state index contributed by atoms with van der Waals surface area (Å²) < 4.78 is 5.32. The van der Waals surface area contributed by atoms with Gasteiger partial charge in [-0.3, -0.25) is 9.69 Å². The van der Waals surface area contributed by atoms with Crippen molar-refractivity contribution in [3.05, 3.63) is 35.7 Å². The van der Waals surface area contributed by atoms with Crippen molar-refractivity contribution < 1.29 is 14.4 Å². The van der Waals surface area contributed by atoms with Gasteiger partial charge in [0.15, 0.2) is 0 Å². The van der Waals surface area contributed by atoms with Crippen LogP contribution in [0.15, 0.2) is 28.8 Å². The molecule has 1 aliphatic rings. The van der Waals surface area contributed by atoms with Gasteiger partial charge in [-0.2, -0.15) is 4.98 Å². The van der Waals surface area contributed by atoms with E-state index in [4.69, 9.17) is 4.52 Å². The van der Waals surface area contributed by atoms with Crippen molar-refractivity contribution in [1.29, 1.82) is 0 Å². The van der Waals surface area contributed by atoms with Gasteiger partial charge in [-0.15, -0.1) is 0 Å². The number of hydrogen-bond donors (Lipinski definition) is 1. The summed E-state index contributed by atoms with van der Waals surface area (Å²) in [7, 11) is 0. The number of aromatic nitrogens is 2. The number of carboxylic acids is 1. The Labute approximate surface area is 135 Å². The van der Waals surface area contributed by atoms with Crippen LogP contribution in [0.4, 0.5) is 0 Å². The van der Waals surface area contributed by atoms with E-state index >= 15 is 0 Å². The van der Waals surface area contributed by atoms with Gasteiger partial charge in [-0.05, 0) is 31.9 Å². The van der Waals surface area contributed by atoms with E-state index in [0.717, 1.165) is 18.5 Å². The summed E-state index contributed by atoms with van der Waals surface area (Å²) in [5.41, 5.74) is 1.51. The monoisotopic (exact) mass is 315 g/mol. The van der Waals surface area contributed by atoms with Crippen LogP contribution in [0.1, 0.15) is 31.7 Å². The highest BCUT2D eigenvalue weighted by molar-refractivity contribution is 5.74. The van der Waals surface area contributed by atoms with E-state index in [2.05, 4.69) is 29.2 Å². The molecule has 1 fully saturated rings. The van der Waals surface area contributed by atoms with E-state index < -0.39 is 11.4 Å². The molecular formula is C17H21N3O3. The largest absolute Gasteiger partial charge is 0.481 e. The first-order valence-electron chi connectivity index (χ1n) is 7.88. The molecular weight excluding hydrogens is 294 g/mol. The molecule has 122 valence electrons. The van der Waals surface area contributed by atoms with Crippen LogP contribution in [0.25, 0.3) is 11.4 Å². The molecule has 0 amide bonds. The van der Waals surface area contributed by atoms with Gasteiger partial charge in [0, 0.05) is 12.1 Å². The molecule has 6 nitrogen and oxygen atoms in total. The zero-order chi connectivity index (χ0) is 16.4. The fourth-order valence-electron chi connectivity index (χ4n) is 2.88. The number of rotatable bonds is 5. The van der Waals surface area contributed by atoms with Crippen molar-refractivity contribution in [2.75, 3.05) is 13.1 Å². The van der Waals surface area contributed by atoms with Crippen molar-refractivity contribution in [3.8, 4) is 11.4 Å². The van der Waals surface area contributed by atoms with E-state index in [1.165, 1.54) is 5.56 Å². The highest BCUT2D eigenvalue weighted by Crippen LogP contribution is 2.31. The maximum absolute atomic E-state index is 11.3. The normalized spacial score (nSPS) is 21.7. The summed E-state index contributed by atoms with van der Waals surface area (Å²) in [6.07, 6.45) is 1.64. The number of nitrogens with zero attached hydrogens (tertiary/aromatic N) is 3. The molecule has 1 aromatic carbocycles. The lowest BCUT2D eigenvalue weighted by atomic mass is 9.90. The molecule has 2 heterocycles. The van der Waals surface area contributed by atoms with Crippen LogP contribution in [0.5, 0.6) is 0 Å². The van der Waals surface area contributed by atoms with Gasteiger partial charge in [-0.1, -0.05) is 36.3 Å². The van der Waals surface area contributed by atoms with Crippen molar-refractivity contribution in [2.45, 2.75) is 33.2 Å². The molecule has 1 unspecified atom stereocenters. The third-order valence-corrected chi connectivity index (χ3v) is 4.52. The van der Waals surface area contributed by atoms with Gasteiger partial charge in [0.05, 0.1) is 12.0 Å². The van der Waals surface area contributed by atoms with Crippen LogP contribution in [0.2, 0.25) is 0 Å². The van der Waals surface area contributed by atoms with Crippen molar-refractivity contribution in [3.63, 3.8) is 0 Å². The molecule has 1 aromatic heterocycles. The Hall–Kier alpha value is -2.21. The fraction of sp³-hybridized carbons (Fsp3) is 0.471. The first kappa shape index (κ1) is 15.7. The summed E-state index contributed by atoms with van der Waals surface area (Å²) >= 11 is 0. The van der Waals surface area contributed by atoms with Crippen LogP contribution >= 0.6 is 0 Å². The highest BCUT2D eigenvalue weighted by atomic mass is 16.5. The second kappa shape index (κ2) is 6.12. The lowest BCUT2D eigenvalue weighted by molar-refractivity contribution is -0.147. The molecule has 23 heavy (non-hydrogen) atoms. The number of likely N-dealkylation sites (tertiary alicyclic amines) is 1. The first-order chi connectivity index (χ1) is 11.0. The minimum Gasteiger partial charge on any atom is -0.481 e. The zero-order valence-corrected chi connectivity index (χ0v) is 13.5. The zero-order valence-electron chi connectivity index (χ0n) is 13.5. The SMILES string of the molecule is CCc1ccc(-c2noc(CN3CCC(C)(C(=O)O)C3)n2)cc1. The molecule has 0 bridgehead atoms. The second-order valence-electron chi connectivity index (χ2n) is 6.39. The number of benzene rings is 1. The maximum atomic E-state index is 11.3. The number of carboxylic acid groups (broad SMARTS) is 1. The van der Waals surface area contributed by atoms with Crippen LogP contribution in [0.3, 0.4) is 0 Å². The molecule has 1 saturated heterocycles. The molecule has 6 heteroatoms. The topological polar surface area (TPSA) is 79.5 Å². The quantitative estimate of drug-likeness (QED) is 0.913. The van der Waals surface area contributed by atoms with E-state index in [1.54, 1.807) is 6.92 Å². The summed E-state index contributed by atoms with van der Waals surface area (Å²) in [5.74, 6) is 0.347. The molecule has 0 radical (unpaired) electrons. The van der Waals surface area contributed by atoms with E-state index in [-0.39, 0.29) is 0 Å². The smallest absolute Gasteiger partial charge is 0.310 e. The molecule has 0 saturated carbocycles. The first-order valence-corrected chi connectivity index (χ1v) is 7.88. The Balaban J connectivity index is 1.67. The third-order valence-electron chi connectivity index (χ3n) is 4.52. The number of hydrogen-bond acceptors (Lipinski definition) is 5. The molecule has 3 rings (SSSR count). The molecule has 0 aliphatic carbocycles. The summed E-state index contributed by atoms with van der Waals surface area (Å²) in [4.78, 5) is 17.8. The van der Waals surface area contributed by atoms with Gasteiger partial charge in [0.2, 0.25) is 11.7 Å². The van der Waals surface area contributed by atoms with Gasteiger partial charge in [-0.25, -0.2) is 0 Å². The standard InChI is InChI=1S/C17H21N3O3/c1-3-12-4-6-13(7-5-12)15-18-14(23-19-15)10-20-9-8-17(2,11-20)16(21)22/h4-7H,3,8-11H2,1-2H3,(H,21,22). The van der Waals surface area contributed by atoms with Crippen LogP contribution in [0, 0.1) is 5.41 Å². The third kappa shape index (κ3) is 3.27. The Kier molecular flexibility index (Phi) is 4.17. The van der Waals surface area contributed by atoms with Gasteiger partial charge >= 0.3 is 5.97 Å². The number of carbonyl (C=O) groups is 1. The van der Waals surface area contributed by atoms with Crippen LogP contribution in [-0.4, -0.2) is 39.2 Å². The fourth-order valence-corrected chi connectivity index (χ4v) is 2.88. The lowest BCUT2D eigenvalue weighted by Crippen LogP contribution is -2.31. The molecule has 0 spiro atoms. The van der Waals surface area contributed by atoms with Gasteiger partial charge in [0.25, 0.3) is 0 Å². The lowest BCUT2D eigenvalue weighted by Gasteiger charge is -2.18.